The number of esters is 1. The van der Waals surface area contributed by atoms with Crippen molar-refractivity contribution in [3.05, 3.63) is 126 Å². The standard InChI is InChI=1S/C33H26N2O6/c1-19-13-27-23(17-30(36)41-29(27)14-20(19)2)18-40-33(37)31-25-10-3-4-12-28(25)34-32-22(8-6-11-26(31)32)15-21-7-5-9-24(16-21)35(38)39/h3-5,7,9-10,12-17H,6,8,11,18H2,1-2H3. The van der Waals surface area contributed by atoms with Crippen LogP contribution in [0.15, 0.2) is 75.9 Å². The zero-order valence-electron chi connectivity index (χ0n) is 22.6. The molecule has 3 aromatic carbocycles. The first-order valence-corrected chi connectivity index (χ1v) is 13.4. The first-order valence-electron chi connectivity index (χ1n) is 13.4. The van der Waals surface area contributed by atoms with E-state index in [0.29, 0.717) is 45.3 Å². The van der Waals surface area contributed by atoms with Crippen LogP contribution in [0.25, 0.3) is 33.5 Å². The summed E-state index contributed by atoms with van der Waals surface area (Å²) < 4.78 is 11.3. The van der Waals surface area contributed by atoms with Gasteiger partial charge in [-0.05, 0) is 85.2 Å². The second-order valence-corrected chi connectivity index (χ2v) is 10.3. The third-order valence-electron chi connectivity index (χ3n) is 7.60. The number of rotatable bonds is 5. The predicted molar refractivity (Wildman–Crippen MR) is 157 cm³/mol. The molecule has 0 bridgehead atoms. The van der Waals surface area contributed by atoms with Gasteiger partial charge in [-0.1, -0.05) is 30.3 Å². The lowest BCUT2D eigenvalue weighted by atomic mass is 9.86. The molecule has 1 aliphatic carbocycles. The number of nitrogens with zero attached hydrogens (tertiary/aromatic N) is 2. The minimum atomic E-state index is -0.505. The highest BCUT2D eigenvalue weighted by Gasteiger charge is 2.26. The SMILES string of the molecule is Cc1cc2oc(=O)cc(COC(=O)c3c4c(nc5ccccc35)C(=Cc3cccc([N+](=O)[O-])c3)CCC4)c2cc1C. The Morgan fingerprint density at radius 3 is 2.66 bits per heavy atom. The lowest BCUT2D eigenvalue weighted by Crippen LogP contribution is -2.16. The minimum Gasteiger partial charge on any atom is -0.457 e. The monoisotopic (exact) mass is 546 g/mol. The average Bonchev–Trinajstić information content (AvgIpc) is 2.96. The van der Waals surface area contributed by atoms with Gasteiger partial charge in [-0.15, -0.1) is 0 Å². The van der Waals surface area contributed by atoms with Crippen molar-refractivity contribution in [1.82, 2.24) is 4.98 Å². The van der Waals surface area contributed by atoms with Gasteiger partial charge in [0.25, 0.3) is 5.69 Å². The van der Waals surface area contributed by atoms with Crippen LogP contribution in [0.3, 0.4) is 0 Å². The number of hydrogen-bond donors (Lipinski definition) is 0. The Hall–Kier alpha value is -5.11. The van der Waals surface area contributed by atoms with Crippen LogP contribution in [-0.4, -0.2) is 15.9 Å². The number of carbonyl (C=O) groups is 1. The summed E-state index contributed by atoms with van der Waals surface area (Å²) in [5, 5.41) is 12.7. The zero-order chi connectivity index (χ0) is 28.7. The van der Waals surface area contributed by atoms with Gasteiger partial charge in [0.05, 0.1) is 21.7 Å². The molecule has 1 aliphatic rings. The topological polar surface area (TPSA) is 113 Å². The molecule has 6 rings (SSSR count). The molecule has 0 radical (unpaired) electrons. The lowest BCUT2D eigenvalue weighted by Gasteiger charge is -2.22. The molecule has 0 atom stereocenters. The van der Waals surface area contributed by atoms with E-state index in [0.717, 1.165) is 40.5 Å². The van der Waals surface area contributed by atoms with Gasteiger partial charge in [0.1, 0.15) is 12.2 Å². The fourth-order valence-electron chi connectivity index (χ4n) is 5.46. The molecule has 204 valence electrons. The summed E-state index contributed by atoms with van der Waals surface area (Å²) >= 11 is 0. The second-order valence-electron chi connectivity index (χ2n) is 10.3. The van der Waals surface area contributed by atoms with Crippen molar-refractivity contribution in [2.45, 2.75) is 39.7 Å². The Balaban J connectivity index is 1.42. The third kappa shape index (κ3) is 5.00. The molecular formula is C33H26N2O6. The van der Waals surface area contributed by atoms with Gasteiger partial charge in [-0.25, -0.2) is 14.6 Å². The van der Waals surface area contributed by atoms with Crippen molar-refractivity contribution in [3.63, 3.8) is 0 Å². The van der Waals surface area contributed by atoms with E-state index in [1.54, 1.807) is 6.07 Å². The first-order chi connectivity index (χ1) is 19.8. The number of allylic oxidation sites excluding steroid dienone is 1. The van der Waals surface area contributed by atoms with Crippen LogP contribution < -0.4 is 5.63 Å². The fraction of sp³-hybridized carbons (Fsp3) is 0.182. The highest BCUT2D eigenvalue weighted by atomic mass is 16.6. The number of non-ortho nitro benzene ring substituents is 1. The largest absolute Gasteiger partial charge is 0.457 e. The summed E-state index contributed by atoms with van der Waals surface area (Å²) in [5.41, 5.74) is 6.77. The molecule has 8 nitrogen and oxygen atoms in total. The average molecular weight is 547 g/mol. The van der Waals surface area contributed by atoms with Crippen molar-refractivity contribution in [3.8, 4) is 0 Å². The molecule has 2 heterocycles. The summed E-state index contributed by atoms with van der Waals surface area (Å²) in [6.07, 6.45) is 4.05. The van der Waals surface area contributed by atoms with E-state index in [4.69, 9.17) is 14.1 Å². The number of carbonyl (C=O) groups excluding carboxylic acids is 1. The number of nitro benzene ring substituents is 1. The lowest BCUT2D eigenvalue weighted by molar-refractivity contribution is -0.384. The van der Waals surface area contributed by atoms with Crippen molar-refractivity contribution in [1.29, 1.82) is 0 Å². The minimum absolute atomic E-state index is 0.0129. The highest BCUT2D eigenvalue weighted by molar-refractivity contribution is 6.06. The normalized spacial score (nSPS) is 13.9. The van der Waals surface area contributed by atoms with E-state index in [1.807, 2.05) is 62.4 Å². The number of hydrogen-bond acceptors (Lipinski definition) is 7. The van der Waals surface area contributed by atoms with Gasteiger partial charge in [0, 0.05) is 34.5 Å². The number of aryl methyl sites for hydroxylation is 2. The van der Waals surface area contributed by atoms with Crippen molar-refractivity contribution >= 4 is 45.2 Å². The quantitative estimate of drug-likeness (QED) is 0.1000. The molecule has 0 saturated carbocycles. The van der Waals surface area contributed by atoms with Crippen LogP contribution in [-0.2, 0) is 17.8 Å². The molecule has 0 fully saturated rings. The molecule has 41 heavy (non-hydrogen) atoms. The number of ether oxygens (including phenoxy) is 1. The van der Waals surface area contributed by atoms with Gasteiger partial charge in [-0.3, -0.25) is 10.1 Å². The van der Waals surface area contributed by atoms with Gasteiger partial charge in [0.2, 0.25) is 0 Å². The smallest absolute Gasteiger partial charge is 0.339 e. The van der Waals surface area contributed by atoms with Crippen LogP contribution in [0.1, 0.15) is 56.7 Å². The van der Waals surface area contributed by atoms with Crippen molar-refractivity contribution in [2.24, 2.45) is 0 Å². The molecule has 0 spiro atoms. The van der Waals surface area contributed by atoms with Crippen LogP contribution in [0.2, 0.25) is 0 Å². The molecule has 0 amide bonds. The van der Waals surface area contributed by atoms with Crippen LogP contribution in [0, 0.1) is 24.0 Å². The van der Waals surface area contributed by atoms with Crippen LogP contribution >= 0.6 is 0 Å². The van der Waals surface area contributed by atoms with Crippen molar-refractivity contribution < 1.29 is 18.9 Å². The van der Waals surface area contributed by atoms with Crippen LogP contribution in [0.4, 0.5) is 5.69 Å². The van der Waals surface area contributed by atoms with E-state index in [2.05, 4.69) is 0 Å². The maximum atomic E-state index is 13.8. The molecule has 2 aromatic heterocycles. The Kier molecular flexibility index (Phi) is 6.67. The number of aromatic nitrogens is 1. The number of para-hydroxylation sites is 1. The number of fused-ring (bicyclic) bond motifs is 3. The number of benzene rings is 3. The summed E-state index contributed by atoms with van der Waals surface area (Å²) in [6.45, 7) is 3.83. The molecule has 0 aliphatic heterocycles. The molecule has 5 aromatic rings. The maximum absolute atomic E-state index is 13.8. The number of nitro groups is 1. The van der Waals surface area contributed by atoms with E-state index < -0.39 is 16.5 Å². The third-order valence-corrected chi connectivity index (χ3v) is 7.60. The van der Waals surface area contributed by atoms with Gasteiger partial charge < -0.3 is 9.15 Å². The summed E-state index contributed by atoms with van der Waals surface area (Å²) in [6, 6.07) is 19.0. The van der Waals surface area contributed by atoms with Gasteiger partial charge in [0.15, 0.2) is 0 Å². The first kappa shape index (κ1) is 26.1. The van der Waals surface area contributed by atoms with E-state index in [9.17, 15) is 19.7 Å². The fourth-order valence-corrected chi connectivity index (χ4v) is 5.46. The Morgan fingerprint density at radius 2 is 1.83 bits per heavy atom. The maximum Gasteiger partial charge on any atom is 0.339 e. The predicted octanol–water partition coefficient (Wildman–Crippen LogP) is 7.10. The molecule has 0 unspecified atom stereocenters. The summed E-state index contributed by atoms with van der Waals surface area (Å²) in [5.74, 6) is -0.498. The molecular weight excluding hydrogens is 520 g/mol. The summed E-state index contributed by atoms with van der Waals surface area (Å²) in [7, 11) is 0. The highest BCUT2D eigenvalue weighted by Crippen LogP contribution is 2.37. The van der Waals surface area contributed by atoms with Crippen LogP contribution in [0.5, 0.6) is 0 Å². The number of pyridine rings is 1. The molecule has 0 saturated heterocycles. The molecule has 8 heteroatoms. The Bertz CT molecular complexity index is 1970. The summed E-state index contributed by atoms with van der Waals surface area (Å²) in [4.78, 5) is 41.8. The van der Waals surface area contributed by atoms with Gasteiger partial charge in [-0.2, -0.15) is 0 Å². The van der Waals surface area contributed by atoms with E-state index in [-0.39, 0.29) is 12.3 Å². The second kappa shape index (κ2) is 10.5. The Labute approximate surface area is 235 Å². The Morgan fingerprint density at radius 1 is 1.02 bits per heavy atom. The molecule has 0 N–H and O–H groups in total. The van der Waals surface area contributed by atoms with E-state index >= 15 is 0 Å². The van der Waals surface area contributed by atoms with Crippen molar-refractivity contribution in [2.75, 3.05) is 0 Å². The van der Waals surface area contributed by atoms with E-state index in [1.165, 1.54) is 18.2 Å². The zero-order valence-corrected chi connectivity index (χ0v) is 22.6. The van der Waals surface area contributed by atoms with Gasteiger partial charge >= 0.3 is 11.6 Å².